The summed E-state index contributed by atoms with van der Waals surface area (Å²) >= 11 is 6.44. The van der Waals surface area contributed by atoms with Gasteiger partial charge in [-0.2, -0.15) is 0 Å². The Balaban J connectivity index is 1.85. The average molecular weight is 379 g/mol. The van der Waals surface area contributed by atoms with Crippen molar-refractivity contribution in [1.82, 2.24) is 4.98 Å². The third-order valence-corrected chi connectivity index (χ3v) is 5.51. The summed E-state index contributed by atoms with van der Waals surface area (Å²) in [4.78, 5) is 18.6. The van der Waals surface area contributed by atoms with Crippen molar-refractivity contribution in [2.24, 2.45) is 0 Å². The van der Waals surface area contributed by atoms with E-state index in [1.807, 2.05) is 48.7 Å². The first-order chi connectivity index (χ1) is 10.1. The lowest BCUT2D eigenvalue weighted by Gasteiger charge is -2.04. The van der Waals surface area contributed by atoms with Crippen LogP contribution >= 0.6 is 38.6 Å². The normalized spacial score (nSPS) is 10.6. The maximum Gasteiger partial charge on any atom is 0.267 e. The third-order valence-electron chi connectivity index (χ3n) is 2.82. The molecule has 0 aliphatic carbocycles. The number of carbonyl (C=O) groups is 1. The minimum Gasteiger partial charge on any atom is -0.321 e. The smallest absolute Gasteiger partial charge is 0.267 e. The summed E-state index contributed by atoms with van der Waals surface area (Å²) in [5.41, 5.74) is 1.52. The standard InChI is InChI=1S/C15H11BrN2OS2/c1-9-13(21-15(17-9)12-6-3-7-20-12)14(19)18-11-5-2-4-10(16)8-11/h2-8H,1H3,(H,18,19). The summed E-state index contributed by atoms with van der Waals surface area (Å²) in [7, 11) is 0. The summed E-state index contributed by atoms with van der Waals surface area (Å²) in [6, 6.07) is 11.5. The van der Waals surface area contributed by atoms with Crippen molar-refractivity contribution in [2.45, 2.75) is 6.92 Å². The van der Waals surface area contributed by atoms with Gasteiger partial charge in [0.2, 0.25) is 0 Å². The van der Waals surface area contributed by atoms with Gasteiger partial charge in [-0.15, -0.1) is 22.7 Å². The van der Waals surface area contributed by atoms with Gasteiger partial charge in [0.1, 0.15) is 9.88 Å². The first-order valence-corrected chi connectivity index (χ1v) is 8.70. The molecule has 2 heterocycles. The molecule has 0 aliphatic rings. The Morgan fingerprint density at radius 2 is 2.14 bits per heavy atom. The lowest BCUT2D eigenvalue weighted by molar-refractivity contribution is 0.103. The molecule has 3 nitrogen and oxygen atoms in total. The van der Waals surface area contributed by atoms with Crippen LogP contribution in [0.4, 0.5) is 5.69 Å². The molecule has 0 atom stereocenters. The van der Waals surface area contributed by atoms with E-state index in [0.717, 1.165) is 25.7 Å². The lowest BCUT2D eigenvalue weighted by Crippen LogP contribution is -2.11. The number of rotatable bonds is 3. The van der Waals surface area contributed by atoms with Gasteiger partial charge in [0.05, 0.1) is 10.6 Å². The number of thiazole rings is 1. The van der Waals surface area contributed by atoms with Gasteiger partial charge in [-0.1, -0.05) is 28.1 Å². The number of amides is 1. The molecule has 1 amide bonds. The topological polar surface area (TPSA) is 42.0 Å². The summed E-state index contributed by atoms with van der Waals surface area (Å²) in [5, 5.41) is 5.80. The summed E-state index contributed by atoms with van der Waals surface area (Å²) in [6.45, 7) is 1.86. The molecule has 2 aromatic heterocycles. The van der Waals surface area contributed by atoms with Crippen molar-refractivity contribution in [2.75, 3.05) is 5.32 Å². The number of aromatic nitrogens is 1. The highest BCUT2D eigenvalue weighted by atomic mass is 79.9. The molecule has 21 heavy (non-hydrogen) atoms. The minimum atomic E-state index is -0.120. The van der Waals surface area contributed by atoms with Crippen LogP contribution in [0.5, 0.6) is 0 Å². The molecular weight excluding hydrogens is 368 g/mol. The van der Waals surface area contributed by atoms with Gasteiger partial charge in [-0.3, -0.25) is 4.79 Å². The Labute approximate surface area is 138 Å². The first-order valence-electron chi connectivity index (χ1n) is 6.22. The zero-order valence-electron chi connectivity index (χ0n) is 11.1. The predicted octanol–water partition coefficient (Wildman–Crippen LogP) is 5.19. The maximum atomic E-state index is 12.4. The molecule has 106 valence electrons. The molecule has 0 fully saturated rings. The number of anilines is 1. The molecule has 3 rings (SSSR count). The van der Waals surface area contributed by atoms with E-state index in [4.69, 9.17) is 0 Å². The van der Waals surface area contributed by atoms with Crippen LogP contribution in [0.2, 0.25) is 0 Å². The van der Waals surface area contributed by atoms with Gasteiger partial charge in [0.25, 0.3) is 5.91 Å². The molecule has 6 heteroatoms. The molecular formula is C15H11BrN2OS2. The van der Waals surface area contributed by atoms with Crippen molar-refractivity contribution in [3.05, 3.63) is 56.8 Å². The molecule has 1 aromatic carbocycles. The number of carbonyl (C=O) groups excluding carboxylic acids is 1. The van der Waals surface area contributed by atoms with Crippen molar-refractivity contribution in [3.63, 3.8) is 0 Å². The van der Waals surface area contributed by atoms with Crippen LogP contribution in [-0.2, 0) is 0 Å². The first kappa shape index (κ1) is 14.4. The lowest BCUT2D eigenvalue weighted by atomic mass is 10.3. The summed E-state index contributed by atoms with van der Waals surface area (Å²) < 4.78 is 0.931. The monoisotopic (exact) mass is 378 g/mol. The molecule has 0 aliphatic heterocycles. The zero-order chi connectivity index (χ0) is 14.8. The third kappa shape index (κ3) is 3.23. The Hall–Kier alpha value is -1.50. The Kier molecular flexibility index (Phi) is 4.19. The molecule has 0 radical (unpaired) electrons. The van der Waals surface area contributed by atoms with Crippen molar-refractivity contribution in [1.29, 1.82) is 0 Å². The van der Waals surface area contributed by atoms with Crippen LogP contribution in [0.15, 0.2) is 46.3 Å². The highest BCUT2D eigenvalue weighted by Gasteiger charge is 2.16. The second kappa shape index (κ2) is 6.09. The number of nitrogens with zero attached hydrogens (tertiary/aromatic N) is 1. The average Bonchev–Trinajstić information content (AvgIpc) is 3.07. The number of nitrogens with one attached hydrogen (secondary N) is 1. The number of benzene rings is 1. The number of aryl methyl sites for hydroxylation is 1. The Morgan fingerprint density at radius 3 is 2.86 bits per heavy atom. The fraction of sp³-hybridized carbons (Fsp3) is 0.0667. The van der Waals surface area contributed by atoms with E-state index in [1.165, 1.54) is 11.3 Å². The molecule has 0 bridgehead atoms. The number of hydrogen-bond acceptors (Lipinski definition) is 4. The second-order valence-corrected chi connectivity index (χ2v) is 7.24. The largest absolute Gasteiger partial charge is 0.321 e. The van der Waals surface area contributed by atoms with E-state index in [-0.39, 0.29) is 5.91 Å². The van der Waals surface area contributed by atoms with Gasteiger partial charge >= 0.3 is 0 Å². The molecule has 3 aromatic rings. The molecule has 0 saturated heterocycles. The SMILES string of the molecule is Cc1nc(-c2cccs2)sc1C(=O)Nc1cccc(Br)c1. The van der Waals surface area contributed by atoms with Crippen LogP contribution in [-0.4, -0.2) is 10.9 Å². The van der Waals surface area contributed by atoms with Gasteiger partial charge in [-0.05, 0) is 36.6 Å². The van der Waals surface area contributed by atoms with E-state index in [2.05, 4.69) is 26.2 Å². The van der Waals surface area contributed by atoms with Gasteiger partial charge in [-0.25, -0.2) is 4.98 Å². The maximum absolute atomic E-state index is 12.4. The van der Waals surface area contributed by atoms with Gasteiger partial charge in [0, 0.05) is 10.2 Å². The minimum absolute atomic E-state index is 0.120. The van der Waals surface area contributed by atoms with E-state index in [1.54, 1.807) is 11.3 Å². The zero-order valence-corrected chi connectivity index (χ0v) is 14.3. The number of halogens is 1. The van der Waals surface area contributed by atoms with Crippen LogP contribution in [0.25, 0.3) is 9.88 Å². The van der Waals surface area contributed by atoms with E-state index in [9.17, 15) is 4.79 Å². The van der Waals surface area contributed by atoms with Crippen molar-refractivity contribution < 1.29 is 4.79 Å². The van der Waals surface area contributed by atoms with Crippen molar-refractivity contribution in [3.8, 4) is 9.88 Å². The number of hydrogen-bond donors (Lipinski definition) is 1. The molecule has 0 spiro atoms. The van der Waals surface area contributed by atoms with E-state index in [0.29, 0.717) is 4.88 Å². The summed E-state index contributed by atoms with van der Waals surface area (Å²) in [5.74, 6) is -0.120. The van der Waals surface area contributed by atoms with Crippen LogP contribution in [0.3, 0.4) is 0 Å². The number of thiophene rings is 1. The Bertz CT molecular complexity index is 781. The fourth-order valence-electron chi connectivity index (χ4n) is 1.87. The van der Waals surface area contributed by atoms with Crippen LogP contribution in [0, 0.1) is 6.92 Å². The highest BCUT2D eigenvalue weighted by molar-refractivity contribution is 9.10. The fourth-order valence-corrected chi connectivity index (χ4v) is 4.02. The van der Waals surface area contributed by atoms with Crippen LogP contribution < -0.4 is 5.32 Å². The molecule has 1 N–H and O–H groups in total. The predicted molar refractivity (Wildman–Crippen MR) is 92.3 cm³/mol. The van der Waals surface area contributed by atoms with Gasteiger partial charge < -0.3 is 5.32 Å². The van der Waals surface area contributed by atoms with Gasteiger partial charge in [0.15, 0.2) is 0 Å². The van der Waals surface area contributed by atoms with E-state index >= 15 is 0 Å². The van der Waals surface area contributed by atoms with Crippen molar-refractivity contribution >= 4 is 50.2 Å². The summed E-state index contributed by atoms with van der Waals surface area (Å²) in [6.07, 6.45) is 0. The Morgan fingerprint density at radius 1 is 1.29 bits per heavy atom. The second-order valence-electron chi connectivity index (χ2n) is 4.38. The quantitative estimate of drug-likeness (QED) is 0.680. The molecule has 0 unspecified atom stereocenters. The molecule has 0 saturated carbocycles. The van der Waals surface area contributed by atoms with E-state index < -0.39 is 0 Å². The highest BCUT2D eigenvalue weighted by Crippen LogP contribution is 2.31. The van der Waals surface area contributed by atoms with Crippen LogP contribution in [0.1, 0.15) is 15.4 Å².